The predicted molar refractivity (Wildman–Crippen MR) is 136 cm³/mol. The van der Waals surface area contributed by atoms with Crippen molar-refractivity contribution in [3.63, 3.8) is 0 Å². The van der Waals surface area contributed by atoms with Gasteiger partial charge in [0.2, 0.25) is 0 Å². The molecule has 0 N–H and O–H groups in total. The molecular weight excluding hydrogens is 394 g/mol. The first-order valence-electron chi connectivity index (χ1n) is 13.1. The van der Waals surface area contributed by atoms with Crippen molar-refractivity contribution < 1.29 is 9.47 Å². The van der Waals surface area contributed by atoms with Crippen molar-refractivity contribution in [2.24, 2.45) is 0 Å². The summed E-state index contributed by atoms with van der Waals surface area (Å²) in [5, 5.41) is 0. The van der Waals surface area contributed by atoms with E-state index in [4.69, 9.17) is 9.47 Å². The van der Waals surface area contributed by atoms with Gasteiger partial charge in [0, 0.05) is 18.8 Å². The molecule has 0 saturated heterocycles. The zero-order chi connectivity index (χ0) is 22.7. The van der Waals surface area contributed by atoms with Crippen molar-refractivity contribution in [3.05, 3.63) is 48.2 Å². The maximum absolute atomic E-state index is 5.83. The van der Waals surface area contributed by atoms with Crippen LogP contribution in [0.15, 0.2) is 42.6 Å². The number of hydrogen-bond acceptors (Lipinski definition) is 3. The van der Waals surface area contributed by atoms with Gasteiger partial charge in [-0.15, -0.1) is 0 Å². The lowest BCUT2D eigenvalue weighted by Crippen LogP contribution is -2.02. The Kier molecular flexibility index (Phi) is 14.6. The normalized spacial score (nSPS) is 11.1. The van der Waals surface area contributed by atoms with Crippen LogP contribution in [0.25, 0.3) is 11.3 Å². The Morgan fingerprint density at radius 1 is 0.625 bits per heavy atom. The van der Waals surface area contributed by atoms with Crippen LogP contribution in [0, 0.1) is 0 Å². The van der Waals surface area contributed by atoms with Crippen molar-refractivity contribution in [1.82, 2.24) is 4.98 Å². The molecular formula is C29H45NO2. The van der Waals surface area contributed by atoms with Crippen LogP contribution >= 0.6 is 0 Å². The lowest BCUT2D eigenvalue weighted by Gasteiger charge is -2.08. The number of ether oxygens (including phenoxy) is 2. The van der Waals surface area contributed by atoms with E-state index < -0.39 is 0 Å². The van der Waals surface area contributed by atoms with Gasteiger partial charge in [0.1, 0.15) is 5.75 Å². The average Bonchev–Trinajstić information content (AvgIpc) is 2.83. The molecule has 2 aromatic rings. The molecule has 0 unspecified atom stereocenters. The maximum atomic E-state index is 5.83. The average molecular weight is 440 g/mol. The number of nitrogens with zero attached hydrogens (tertiary/aromatic N) is 1. The van der Waals surface area contributed by atoms with Crippen LogP contribution in [0.2, 0.25) is 0 Å². The minimum atomic E-state index is 0.715. The number of aromatic nitrogens is 1. The van der Waals surface area contributed by atoms with Gasteiger partial charge >= 0.3 is 0 Å². The van der Waals surface area contributed by atoms with Crippen molar-refractivity contribution in [1.29, 1.82) is 0 Å². The second-order valence-corrected chi connectivity index (χ2v) is 8.82. The molecule has 0 spiro atoms. The monoisotopic (exact) mass is 439 g/mol. The topological polar surface area (TPSA) is 31.4 Å². The highest BCUT2D eigenvalue weighted by Gasteiger charge is 2.02. The summed E-state index contributed by atoms with van der Waals surface area (Å²) in [7, 11) is 0. The lowest BCUT2D eigenvalue weighted by atomic mass is 10.0. The Morgan fingerprint density at radius 2 is 1.25 bits per heavy atom. The highest BCUT2D eigenvalue weighted by molar-refractivity contribution is 5.59. The molecule has 1 heterocycles. The first-order valence-corrected chi connectivity index (χ1v) is 13.1. The van der Waals surface area contributed by atoms with E-state index in [1.54, 1.807) is 0 Å². The molecule has 0 saturated carbocycles. The van der Waals surface area contributed by atoms with Gasteiger partial charge in [0.05, 0.1) is 18.5 Å². The Morgan fingerprint density at radius 3 is 1.94 bits per heavy atom. The molecule has 0 amide bonds. The van der Waals surface area contributed by atoms with E-state index in [1.165, 1.54) is 81.8 Å². The standard InChI is InChI=1S/C29H45NO2/c1-3-5-7-8-9-10-11-15-26-16-18-27(19-17-26)29-21-20-28(25-30-29)32-24-14-13-23-31-22-12-6-4-2/h16-21,25H,3-15,22-24H2,1-2H3. The molecule has 1 aromatic heterocycles. The molecule has 0 aliphatic rings. The van der Waals surface area contributed by atoms with E-state index in [2.05, 4.69) is 49.2 Å². The van der Waals surface area contributed by atoms with Crippen LogP contribution in [-0.2, 0) is 11.2 Å². The fraction of sp³-hybridized carbons (Fsp3) is 0.621. The van der Waals surface area contributed by atoms with E-state index in [9.17, 15) is 0 Å². The van der Waals surface area contributed by atoms with E-state index in [1.807, 2.05) is 12.3 Å². The van der Waals surface area contributed by atoms with Gasteiger partial charge in [0.15, 0.2) is 0 Å². The number of rotatable bonds is 19. The third-order valence-corrected chi connectivity index (χ3v) is 5.90. The van der Waals surface area contributed by atoms with Crippen molar-refractivity contribution in [2.75, 3.05) is 19.8 Å². The third kappa shape index (κ3) is 11.7. The summed E-state index contributed by atoms with van der Waals surface area (Å²) in [5.41, 5.74) is 3.59. The SMILES string of the molecule is CCCCCCCCCc1ccc(-c2ccc(OCCCCOCCCCC)cn2)cc1. The number of pyridine rings is 1. The van der Waals surface area contributed by atoms with Crippen molar-refractivity contribution in [3.8, 4) is 17.0 Å². The van der Waals surface area contributed by atoms with Gasteiger partial charge in [0.25, 0.3) is 0 Å². The highest BCUT2D eigenvalue weighted by Crippen LogP contribution is 2.21. The lowest BCUT2D eigenvalue weighted by molar-refractivity contribution is 0.123. The smallest absolute Gasteiger partial charge is 0.137 e. The summed E-state index contributed by atoms with van der Waals surface area (Å²) < 4.78 is 11.5. The molecule has 3 nitrogen and oxygen atoms in total. The minimum absolute atomic E-state index is 0.715. The summed E-state index contributed by atoms with van der Waals surface area (Å²) in [4.78, 5) is 4.60. The number of unbranched alkanes of at least 4 members (excludes halogenated alkanes) is 9. The van der Waals surface area contributed by atoms with E-state index in [-0.39, 0.29) is 0 Å². The molecule has 0 aliphatic heterocycles. The summed E-state index contributed by atoms with van der Waals surface area (Å²) in [6.07, 6.45) is 18.3. The van der Waals surface area contributed by atoms with Gasteiger partial charge in [-0.25, -0.2) is 0 Å². The van der Waals surface area contributed by atoms with Crippen molar-refractivity contribution in [2.45, 2.75) is 97.3 Å². The van der Waals surface area contributed by atoms with E-state index >= 15 is 0 Å². The van der Waals surface area contributed by atoms with Gasteiger partial charge < -0.3 is 9.47 Å². The quantitative estimate of drug-likeness (QED) is 0.206. The Balaban J connectivity index is 1.60. The van der Waals surface area contributed by atoms with Crippen LogP contribution in [0.3, 0.4) is 0 Å². The summed E-state index contributed by atoms with van der Waals surface area (Å²) >= 11 is 0. The molecule has 2 rings (SSSR count). The van der Waals surface area contributed by atoms with Gasteiger partial charge in [-0.3, -0.25) is 4.98 Å². The van der Waals surface area contributed by atoms with Gasteiger partial charge in [-0.2, -0.15) is 0 Å². The zero-order valence-electron chi connectivity index (χ0n) is 20.6. The molecule has 0 fully saturated rings. The van der Waals surface area contributed by atoms with Crippen molar-refractivity contribution >= 4 is 0 Å². The third-order valence-electron chi connectivity index (χ3n) is 5.90. The number of aryl methyl sites for hydroxylation is 1. The number of hydrogen-bond donors (Lipinski definition) is 0. The maximum Gasteiger partial charge on any atom is 0.137 e. The van der Waals surface area contributed by atoms with Gasteiger partial charge in [-0.05, 0) is 49.8 Å². The molecule has 0 atom stereocenters. The largest absolute Gasteiger partial charge is 0.492 e. The first-order chi connectivity index (χ1) is 15.8. The second-order valence-electron chi connectivity index (χ2n) is 8.82. The molecule has 32 heavy (non-hydrogen) atoms. The van der Waals surface area contributed by atoms with Crippen LogP contribution in [0.1, 0.15) is 96.5 Å². The second kappa shape index (κ2) is 17.7. The predicted octanol–water partition coefficient (Wildman–Crippen LogP) is 8.41. The van der Waals surface area contributed by atoms with Crippen LogP contribution in [0.4, 0.5) is 0 Å². The fourth-order valence-electron chi connectivity index (χ4n) is 3.82. The zero-order valence-corrected chi connectivity index (χ0v) is 20.6. The Labute approximate surface area is 197 Å². The first kappa shape index (κ1) is 26.4. The van der Waals surface area contributed by atoms with E-state index in [0.717, 1.165) is 37.5 Å². The number of benzene rings is 1. The molecule has 1 aromatic carbocycles. The minimum Gasteiger partial charge on any atom is -0.492 e. The Bertz CT molecular complexity index is 681. The highest BCUT2D eigenvalue weighted by atomic mass is 16.5. The summed E-state index contributed by atoms with van der Waals surface area (Å²) in [6.45, 7) is 6.93. The van der Waals surface area contributed by atoms with Crippen LogP contribution in [0.5, 0.6) is 5.75 Å². The molecule has 0 aliphatic carbocycles. The van der Waals surface area contributed by atoms with E-state index in [0.29, 0.717) is 6.61 Å². The molecule has 178 valence electrons. The fourth-order valence-corrected chi connectivity index (χ4v) is 3.82. The van der Waals surface area contributed by atoms with Crippen LogP contribution in [-0.4, -0.2) is 24.8 Å². The Hall–Kier alpha value is -1.87. The summed E-state index contributed by atoms with van der Waals surface area (Å²) in [6, 6.07) is 13.0. The summed E-state index contributed by atoms with van der Waals surface area (Å²) in [5.74, 6) is 0.841. The molecule has 0 radical (unpaired) electrons. The van der Waals surface area contributed by atoms with Crippen LogP contribution < -0.4 is 4.74 Å². The molecule has 0 bridgehead atoms. The van der Waals surface area contributed by atoms with Gasteiger partial charge in [-0.1, -0.05) is 89.5 Å². The molecule has 3 heteroatoms.